The molecule has 0 saturated heterocycles. The molecule has 1 heterocycles. The van der Waals surface area contributed by atoms with Gasteiger partial charge in [0.25, 0.3) is 0 Å². The van der Waals surface area contributed by atoms with Gasteiger partial charge in [0.05, 0.1) is 24.3 Å². The second-order valence-corrected chi connectivity index (χ2v) is 11.6. The van der Waals surface area contributed by atoms with E-state index in [1.54, 1.807) is 12.1 Å². The SMILES string of the molecule is CCCC1CCN(CCC)C(=O)CCCC(=O)NC(C(O)CNCc2cccc(C(F)(F)F)c2)Cc2cc(F)cc(c2)OC1. The van der Waals surface area contributed by atoms with E-state index in [-0.39, 0.29) is 50.1 Å². The molecule has 2 bridgehead atoms. The lowest BCUT2D eigenvalue weighted by Gasteiger charge is -2.25. The predicted molar refractivity (Wildman–Crippen MR) is 160 cm³/mol. The van der Waals surface area contributed by atoms with Crippen molar-refractivity contribution in [1.29, 1.82) is 0 Å². The van der Waals surface area contributed by atoms with Crippen LogP contribution in [-0.2, 0) is 28.7 Å². The van der Waals surface area contributed by atoms with E-state index in [0.717, 1.165) is 37.8 Å². The number of ether oxygens (including phenoxy) is 1. The fourth-order valence-corrected chi connectivity index (χ4v) is 5.46. The smallest absolute Gasteiger partial charge is 0.416 e. The molecule has 0 saturated carbocycles. The number of carbonyl (C=O) groups is 2. The predicted octanol–water partition coefficient (Wildman–Crippen LogP) is 5.63. The van der Waals surface area contributed by atoms with Crippen molar-refractivity contribution in [3.8, 4) is 5.75 Å². The summed E-state index contributed by atoms with van der Waals surface area (Å²) in [5.74, 6) is -0.361. The van der Waals surface area contributed by atoms with Gasteiger partial charge in [-0.3, -0.25) is 9.59 Å². The maximum atomic E-state index is 14.7. The summed E-state index contributed by atoms with van der Waals surface area (Å²) in [5.41, 5.74) is 0.141. The van der Waals surface area contributed by atoms with Crippen LogP contribution in [-0.4, -0.2) is 60.2 Å². The summed E-state index contributed by atoms with van der Waals surface area (Å²) in [6.07, 6.45) is -1.47. The second kappa shape index (κ2) is 17.3. The molecule has 3 N–H and O–H groups in total. The third-order valence-electron chi connectivity index (χ3n) is 7.77. The number of nitrogens with zero attached hydrogens (tertiary/aromatic N) is 1. The molecule has 2 aromatic rings. The highest BCUT2D eigenvalue weighted by molar-refractivity contribution is 5.79. The Balaban J connectivity index is 1.77. The number of aliphatic hydroxyl groups is 1. The summed E-state index contributed by atoms with van der Waals surface area (Å²) in [5, 5.41) is 16.9. The van der Waals surface area contributed by atoms with E-state index in [9.17, 15) is 32.3 Å². The lowest BCUT2D eigenvalue weighted by Crippen LogP contribution is -2.48. The van der Waals surface area contributed by atoms with Crippen molar-refractivity contribution in [3.05, 3.63) is 65.0 Å². The summed E-state index contributed by atoms with van der Waals surface area (Å²) in [7, 11) is 0. The summed E-state index contributed by atoms with van der Waals surface area (Å²) in [6, 6.07) is 8.39. The molecule has 0 aromatic heterocycles. The molecule has 0 spiro atoms. The Morgan fingerprint density at radius 3 is 2.64 bits per heavy atom. The average Bonchev–Trinajstić information content (AvgIpc) is 2.96. The Kier molecular flexibility index (Phi) is 13.9. The number of amides is 2. The number of hydrogen-bond donors (Lipinski definition) is 3. The van der Waals surface area contributed by atoms with E-state index in [4.69, 9.17) is 4.74 Å². The van der Waals surface area contributed by atoms with E-state index < -0.39 is 29.7 Å². The van der Waals surface area contributed by atoms with E-state index >= 15 is 0 Å². The zero-order valence-corrected chi connectivity index (χ0v) is 25.6. The van der Waals surface area contributed by atoms with Crippen molar-refractivity contribution < 1.29 is 37.0 Å². The lowest BCUT2D eigenvalue weighted by molar-refractivity contribution is -0.137. The van der Waals surface area contributed by atoms with Gasteiger partial charge in [0, 0.05) is 45.1 Å². The van der Waals surface area contributed by atoms with Gasteiger partial charge in [0.1, 0.15) is 11.6 Å². The number of benzene rings is 2. The van der Waals surface area contributed by atoms with E-state index in [1.165, 1.54) is 18.2 Å². The molecule has 44 heavy (non-hydrogen) atoms. The Bertz CT molecular complexity index is 1210. The molecule has 2 aromatic carbocycles. The Morgan fingerprint density at radius 2 is 1.91 bits per heavy atom. The van der Waals surface area contributed by atoms with Gasteiger partial charge < -0.3 is 25.4 Å². The average molecular weight is 624 g/mol. The van der Waals surface area contributed by atoms with Crippen molar-refractivity contribution in [2.24, 2.45) is 5.92 Å². The van der Waals surface area contributed by atoms with Crippen molar-refractivity contribution in [1.82, 2.24) is 15.5 Å². The molecule has 3 unspecified atom stereocenters. The first-order valence-corrected chi connectivity index (χ1v) is 15.5. The van der Waals surface area contributed by atoms with Crippen LogP contribution in [0.15, 0.2) is 42.5 Å². The van der Waals surface area contributed by atoms with Gasteiger partial charge in [-0.15, -0.1) is 0 Å². The first-order chi connectivity index (χ1) is 21.0. The normalized spacial score (nSPS) is 20.0. The third kappa shape index (κ3) is 11.7. The Labute approximate surface area is 257 Å². The third-order valence-corrected chi connectivity index (χ3v) is 7.77. The van der Waals surface area contributed by atoms with Crippen molar-refractivity contribution in [2.45, 2.75) is 90.1 Å². The maximum Gasteiger partial charge on any atom is 0.416 e. The standard InChI is InChI=1S/C33H45F4N3O4/c1-3-7-23-12-14-40(13-4-2)32(43)11-6-10-31(42)39-29(18-25-16-27(34)19-28(17-25)44-22-23)30(41)21-38-20-24-8-5-9-26(15-24)33(35,36)37/h5,8-9,15-17,19,23,29-30,38,41H,3-4,6-7,10-14,18,20-22H2,1-2H3,(H,39,42). The number of fused-ring (bicyclic) bond motifs is 2. The zero-order valence-electron chi connectivity index (χ0n) is 25.6. The molecule has 11 heteroatoms. The van der Waals surface area contributed by atoms with Crippen LogP contribution in [0.2, 0.25) is 0 Å². The van der Waals surface area contributed by atoms with Gasteiger partial charge in [-0.1, -0.05) is 38.5 Å². The monoisotopic (exact) mass is 623 g/mol. The molecule has 1 aliphatic rings. The summed E-state index contributed by atoms with van der Waals surface area (Å²) in [4.78, 5) is 27.7. The molecule has 1 aliphatic heterocycles. The first kappa shape index (κ1) is 35.3. The molecule has 0 fully saturated rings. The second-order valence-electron chi connectivity index (χ2n) is 11.6. The molecule has 3 rings (SSSR count). The fraction of sp³-hybridized carbons (Fsp3) is 0.576. The number of carbonyl (C=O) groups excluding carboxylic acids is 2. The number of nitrogens with one attached hydrogen (secondary N) is 2. The van der Waals surface area contributed by atoms with Crippen molar-refractivity contribution in [3.63, 3.8) is 0 Å². The van der Waals surface area contributed by atoms with Crippen LogP contribution in [0, 0.1) is 11.7 Å². The topological polar surface area (TPSA) is 90.9 Å². The summed E-state index contributed by atoms with van der Waals surface area (Å²) >= 11 is 0. The minimum atomic E-state index is -4.47. The first-order valence-electron chi connectivity index (χ1n) is 15.5. The van der Waals surface area contributed by atoms with Crippen LogP contribution in [0.4, 0.5) is 17.6 Å². The van der Waals surface area contributed by atoms with Gasteiger partial charge in [-0.25, -0.2) is 4.39 Å². The largest absolute Gasteiger partial charge is 0.493 e. The number of aliphatic hydroxyl groups excluding tert-OH is 1. The molecule has 244 valence electrons. The Hall–Kier alpha value is -3.18. The lowest BCUT2D eigenvalue weighted by atomic mass is 9.99. The molecule has 0 radical (unpaired) electrons. The van der Waals surface area contributed by atoms with Crippen LogP contribution < -0.4 is 15.4 Å². The van der Waals surface area contributed by atoms with Crippen molar-refractivity contribution in [2.75, 3.05) is 26.2 Å². The van der Waals surface area contributed by atoms with Crippen molar-refractivity contribution >= 4 is 11.8 Å². The highest BCUT2D eigenvalue weighted by Crippen LogP contribution is 2.29. The molecule has 0 aliphatic carbocycles. The molecule has 2 amide bonds. The van der Waals surface area contributed by atoms with Crippen LogP contribution in [0.25, 0.3) is 0 Å². The van der Waals surface area contributed by atoms with Crippen LogP contribution in [0.5, 0.6) is 5.75 Å². The van der Waals surface area contributed by atoms with E-state index in [1.807, 2.05) is 11.8 Å². The minimum Gasteiger partial charge on any atom is -0.493 e. The van der Waals surface area contributed by atoms with Gasteiger partial charge in [-0.2, -0.15) is 13.2 Å². The highest BCUT2D eigenvalue weighted by Gasteiger charge is 2.30. The van der Waals surface area contributed by atoms with E-state index in [0.29, 0.717) is 43.0 Å². The molecule has 3 atom stereocenters. The molecule has 7 nitrogen and oxygen atoms in total. The quantitative estimate of drug-likeness (QED) is 0.315. The number of halogens is 4. The Morgan fingerprint density at radius 1 is 1.11 bits per heavy atom. The van der Waals surface area contributed by atoms with Gasteiger partial charge in [0.15, 0.2) is 0 Å². The van der Waals surface area contributed by atoms with Gasteiger partial charge >= 0.3 is 6.18 Å². The van der Waals surface area contributed by atoms with E-state index in [2.05, 4.69) is 17.6 Å². The number of rotatable bonds is 9. The number of hydrogen-bond acceptors (Lipinski definition) is 5. The van der Waals surface area contributed by atoms with Gasteiger partial charge in [-0.05, 0) is 67.3 Å². The minimum absolute atomic E-state index is 0.00997. The molecular weight excluding hydrogens is 578 g/mol. The fourth-order valence-electron chi connectivity index (χ4n) is 5.46. The summed E-state index contributed by atoms with van der Waals surface area (Å²) in [6.45, 7) is 5.70. The number of alkyl halides is 3. The van der Waals surface area contributed by atoms with Crippen LogP contribution >= 0.6 is 0 Å². The maximum absolute atomic E-state index is 14.7. The van der Waals surface area contributed by atoms with Crippen LogP contribution in [0.3, 0.4) is 0 Å². The zero-order chi connectivity index (χ0) is 32.1. The van der Waals surface area contributed by atoms with Gasteiger partial charge in [0.2, 0.25) is 11.8 Å². The highest BCUT2D eigenvalue weighted by atomic mass is 19.4. The molecular formula is C33H45F4N3O4. The summed E-state index contributed by atoms with van der Waals surface area (Å²) < 4.78 is 59.9. The van der Waals surface area contributed by atoms with Crippen LogP contribution in [0.1, 0.15) is 75.5 Å².